The van der Waals surface area contributed by atoms with Gasteiger partial charge in [0.05, 0.1) is 35.7 Å². The Morgan fingerprint density at radius 3 is 2.34 bits per heavy atom. The number of aromatic nitrogens is 1. The number of benzene rings is 3. The summed E-state index contributed by atoms with van der Waals surface area (Å²) in [5.41, 5.74) is 3.41. The van der Waals surface area contributed by atoms with Gasteiger partial charge >= 0.3 is 12.1 Å². The lowest BCUT2D eigenvalue weighted by atomic mass is 9.95. The number of rotatable bonds is 6. The molecule has 4 aromatic rings. The van der Waals surface area contributed by atoms with Gasteiger partial charge in [-0.1, -0.05) is 66.2 Å². The van der Waals surface area contributed by atoms with Crippen molar-refractivity contribution in [1.29, 1.82) is 0 Å². The van der Waals surface area contributed by atoms with Crippen LogP contribution in [-0.4, -0.2) is 43.0 Å². The molecule has 0 fully saturated rings. The Kier molecular flexibility index (Phi) is 6.94. The predicted octanol–water partition coefficient (Wildman–Crippen LogP) is 4.99. The quantitative estimate of drug-likeness (QED) is 0.325. The molecule has 0 unspecified atom stereocenters. The highest BCUT2D eigenvalue weighted by Gasteiger charge is 2.40. The molecule has 1 amide bonds. The molecule has 0 saturated carbocycles. The molecule has 38 heavy (non-hydrogen) atoms. The number of methoxy groups -OCH3 is 1. The van der Waals surface area contributed by atoms with Gasteiger partial charge in [0.25, 0.3) is 10.0 Å². The van der Waals surface area contributed by atoms with Crippen molar-refractivity contribution in [2.75, 3.05) is 13.7 Å². The van der Waals surface area contributed by atoms with Crippen LogP contribution in [0.5, 0.6) is 0 Å². The second-order valence-electron chi connectivity index (χ2n) is 9.24. The molecule has 0 aliphatic carbocycles. The largest absolute Gasteiger partial charge is 0.469 e. The van der Waals surface area contributed by atoms with Crippen molar-refractivity contribution in [2.45, 2.75) is 37.3 Å². The molecule has 1 atom stereocenters. The minimum absolute atomic E-state index is 0.0542. The molecule has 3 aromatic carbocycles. The number of carbonyl (C=O) groups excluding carboxylic acids is 2. The molecule has 2 heterocycles. The van der Waals surface area contributed by atoms with Crippen LogP contribution < -0.4 is 0 Å². The van der Waals surface area contributed by atoms with Crippen LogP contribution in [0.25, 0.3) is 10.9 Å². The van der Waals surface area contributed by atoms with Crippen LogP contribution in [0.15, 0.2) is 83.8 Å². The van der Waals surface area contributed by atoms with Crippen molar-refractivity contribution in [2.24, 2.45) is 0 Å². The first-order valence-electron chi connectivity index (χ1n) is 12.3. The zero-order valence-electron chi connectivity index (χ0n) is 21.2. The smallest absolute Gasteiger partial charge is 0.410 e. The molecule has 1 aliphatic heterocycles. The summed E-state index contributed by atoms with van der Waals surface area (Å²) in [7, 11) is -2.81. The molecule has 8 nitrogen and oxygen atoms in total. The summed E-state index contributed by atoms with van der Waals surface area (Å²) < 4.78 is 40.0. The van der Waals surface area contributed by atoms with Crippen LogP contribution in [0.4, 0.5) is 4.79 Å². The fraction of sp³-hybridized carbons (Fsp3) is 0.241. The number of para-hydroxylation sites is 1. The van der Waals surface area contributed by atoms with E-state index in [0.29, 0.717) is 17.6 Å². The Hall–Kier alpha value is -4.11. The third-order valence-corrected chi connectivity index (χ3v) is 8.60. The van der Waals surface area contributed by atoms with Gasteiger partial charge in [-0.25, -0.2) is 17.2 Å². The molecular weight excluding hydrogens is 504 g/mol. The van der Waals surface area contributed by atoms with Gasteiger partial charge in [0.15, 0.2) is 0 Å². The lowest BCUT2D eigenvalue weighted by Gasteiger charge is -2.35. The van der Waals surface area contributed by atoms with Gasteiger partial charge in [0, 0.05) is 11.9 Å². The summed E-state index contributed by atoms with van der Waals surface area (Å²) in [6, 6.07) is 22.2. The first kappa shape index (κ1) is 25.5. The van der Waals surface area contributed by atoms with Crippen LogP contribution in [0.1, 0.15) is 34.8 Å². The van der Waals surface area contributed by atoms with E-state index < -0.39 is 28.1 Å². The number of hydrogen-bond donors (Lipinski definition) is 0. The Labute approximate surface area is 221 Å². The summed E-state index contributed by atoms with van der Waals surface area (Å²) in [5, 5.41) is 0.769. The van der Waals surface area contributed by atoms with E-state index in [4.69, 9.17) is 9.47 Å². The lowest BCUT2D eigenvalue weighted by Crippen LogP contribution is -2.42. The Morgan fingerprint density at radius 1 is 0.947 bits per heavy atom. The normalized spacial score (nSPS) is 15.2. The van der Waals surface area contributed by atoms with E-state index in [1.807, 2.05) is 49.4 Å². The predicted molar refractivity (Wildman–Crippen MR) is 142 cm³/mol. The van der Waals surface area contributed by atoms with E-state index in [1.54, 1.807) is 36.4 Å². The Bertz CT molecular complexity index is 1590. The van der Waals surface area contributed by atoms with Crippen molar-refractivity contribution in [3.05, 3.63) is 101 Å². The van der Waals surface area contributed by atoms with Crippen LogP contribution in [-0.2, 0) is 37.3 Å². The topological polar surface area (TPSA) is 94.9 Å². The lowest BCUT2D eigenvalue weighted by molar-refractivity contribution is -0.142. The Balaban J connectivity index is 1.64. The van der Waals surface area contributed by atoms with Crippen LogP contribution in [0.3, 0.4) is 0 Å². The zero-order chi connectivity index (χ0) is 26.9. The highest BCUT2D eigenvalue weighted by molar-refractivity contribution is 7.90. The van der Waals surface area contributed by atoms with Crippen LogP contribution in [0.2, 0.25) is 0 Å². The first-order chi connectivity index (χ1) is 18.3. The number of ether oxygens (including phenoxy) is 2. The first-order valence-corrected chi connectivity index (χ1v) is 13.7. The number of esters is 1. The van der Waals surface area contributed by atoms with Crippen molar-refractivity contribution in [1.82, 2.24) is 8.87 Å². The molecular formula is C29H28N2O6S. The average molecular weight is 533 g/mol. The van der Waals surface area contributed by atoms with Crippen LogP contribution in [0, 0.1) is 6.92 Å². The summed E-state index contributed by atoms with van der Waals surface area (Å²) in [6.07, 6.45) is -0.438. The summed E-state index contributed by atoms with van der Waals surface area (Å²) in [4.78, 5) is 27.4. The number of carbonyl (C=O) groups is 2. The van der Waals surface area contributed by atoms with Gasteiger partial charge < -0.3 is 9.47 Å². The highest BCUT2D eigenvalue weighted by Crippen LogP contribution is 2.41. The fourth-order valence-electron chi connectivity index (χ4n) is 4.97. The van der Waals surface area contributed by atoms with E-state index in [9.17, 15) is 18.0 Å². The molecule has 0 N–H and O–H groups in total. The van der Waals surface area contributed by atoms with Gasteiger partial charge in [0.1, 0.15) is 6.61 Å². The molecule has 0 saturated heterocycles. The number of nitrogens with zero attached hydrogens (tertiary/aromatic N) is 2. The monoisotopic (exact) mass is 532 g/mol. The van der Waals surface area contributed by atoms with E-state index in [0.717, 1.165) is 22.1 Å². The van der Waals surface area contributed by atoms with Gasteiger partial charge in [-0.15, -0.1) is 0 Å². The van der Waals surface area contributed by atoms with E-state index in [2.05, 4.69) is 0 Å². The minimum atomic E-state index is -4.07. The van der Waals surface area contributed by atoms with E-state index in [1.165, 1.54) is 16.0 Å². The Morgan fingerprint density at radius 2 is 1.63 bits per heavy atom. The van der Waals surface area contributed by atoms with Crippen molar-refractivity contribution < 1.29 is 27.5 Å². The summed E-state index contributed by atoms with van der Waals surface area (Å²) in [6.45, 7) is 2.20. The third-order valence-electron chi connectivity index (χ3n) is 6.86. The van der Waals surface area contributed by atoms with Crippen molar-refractivity contribution >= 4 is 33.0 Å². The molecule has 1 aromatic heterocycles. The molecule has 1 aliphatic rings. The molecule has 9 heteroatoms. The maximum absolute atomic E-state index is 14.1. The second kappa shape index (κ2) is 10.3. The molecule has 0 radical (unpaired) electrons. The molecule has 5 rings (SSSR count). The third kappa shape index (κ3) is 4.65. The fourth-order valence-corrected chi connectivity index (χ4v) is 6.57. The van der Waals surface area contributed by atoms with Gasteiger partial charge in [-0.05, 0) is 42.7 Å². The van der Waals surface area contributed by atoms with Gasteiger partial charge in [-0.2, -0.15) is 0 Å². The highest BCUT2D eigenvalue weighted by atomic mass is 32.2. The maximum Gasteiger partial charge on any atom is 0.410 e. The van der Waals surface area contributed by atoms with Crippen molar-refractivity contribution in [3.8, 4) is 0 Å². The number of amides is 1. The molecule has 196 valence electrons. The van der Waals surface area contributed by atoms with Gasteiger partial charge in [-0.3, -0.25) is 9.69 Å². The number of fused-ring (bicyclic) bond motifs is 3. The summed E-state index contributed by atoms with van der Waals surface area (Å²) >= 11 is 0. The second-order valence-corrected chi connectivity index (χ2v) is 11.0. The van der Waals surface area contributed by atoms with Crippen LogP contribution >= 0.6 is 0 Å². The minimum Gasteiger partial charge on any atom is -0.469 e. The zero-order valence-corrected chi connectivity index (χ0v) is 22.0. The van der Waals surface area contributed by atoms with Crippen molar-refractivity contribution in [3.63, 3.8) is 0 Å². The average Bonchev–Trinajstić information content (AvgIpc) is 3.28. The molecule has 0 spiro atoms. The number of hydrogen-bond acceptors (Lipinski definition) is 6. The molecule has 0 bridgehead atoms. The maximum atomic E-state index is 14.1. The van der Waals surface area contributed by atoms with E-state index in [-0.39, 0.29) is 24.5 Å². The SMILES string of the molecule is COC(=O)C[C@@H]1c2c(c3ccccc3n2S(=O)(=O)c2ccc(C)cc2)CCN1C(=O)OCc1ccccc1. The van der Waals surface area contributed by atoms with Gasteiger partial charge in [0.2, 0.25) is 0 Å². The summed E-state index contributed by atoms with van der Waals surface area (Å²) in [5.74, 6) is -0.562. The van der Waals surface area contributed by atoms with E-state index >= 15 is 0 Å². The standard InChI is InChI=1S/C29H28N2O6S/c1-20-12-14-22(15-13-20)38(34,35)31-25-11-7-6-10-23(25)24-16-17-30(26(28(24)31)18-27(32)36-2)29(33)37-19-21-8-4-3-5-9-21/h3-15,26H,16-19H2,1-2H3/t26-/m1/s1. The number of aryl methyl sites for hydroxylation is 1.